The molecule has 9 nitrogen and oxygen atoms in total. The van der Waals surface area contributed by atoms with Gasteiger partial charge in [-0.15, -0.1) is 0 Å². The lowest BCUT2D eigenvalue weighted by Crippen LogP contribution is -2.38. The van der Waals surface area contributed by atoms with E-state index >= 15 is 0 Å². The number of furan rings is 1. The van der Waals surface area contributed by atoms with Gasteiger partial charge in [0.15, 0.2) is 5.65 Å². The number of carbonyl (C=O) groups is 1. The Morgan fingerprint density at radius 1 is 1.23 bits per heavy atom. The number of aromatic nitrogens is 4. The quantitative estimate of drug-likeness (QED) is 0.469. The Hall–Kier alpha value is -2.88. The van der Waals surface area contributed by atoms with Crippen LogP contribution < -0.4 is 16.6 Å². The van der Waals surface area contributed by atoms with Gasteiger partial charge in [-0.25, -0.2) is 14.8 Å². The number of carbonyl (C=O) groups excluding carboxylic acids is 1. The van der Waals surface area contributed by atoms with Crippen LogP contribution in [-0.2, 0) is 25.4 Å². The standard InChI is InChI=1S/C20H23N5O4S/c1-24-17-15(19(27)25(2)20(24)28)18(23-16(22-17)12-6-3-4-7-12)30-11-14(26)21-10-13-8-5-9-29-13/h5,8-9,12H,3-4,6-7,10-11H2,1-2H3,(H,21,26). The van der Waals surface area contributed by atoms with Gasteiger partial charge in [0, 0.05) is 20.0 Å². The molecule has 1 aliphatic carbocycles. The number of hydrogen-bond donors (Lipinski definition) is 1. The molecule has 0 spiro atoms. The highest BCUT2D eigenvalue weighted by Gasteiger charge is 2.24. The SMILES string of the molecule is Cn1c(=O)c2c(SCC(=O)NCc3ccco3)nc(C3CCCC3)nc2n(C)c1=O. The van der Waals surface area contributed by atoms with E-state index in [0.717, 1.165) is 30.3 Å². The van der Waals surface area contributed by atoms with Gasteiger partial charge < -0.3 is 9.73 Å². The highest BCUT2D eigenvalue weighted by molar-refractivity contribution is 8.00. The van der Waals surface area contributed by atoms with Crippen LogP contribution in [0.3, 0.4) is 0 Å². The Kier molecular flexibility index (Phi) is 5.76. The summed E-state index contributed by atoms with van der Waals surface area (Å²) in [6, 6.07) is 3.54. The van der Waals surface area contributed by atoms with Crippen molar-refractivity contribution >= 4 is 28.7 Å². The number of amides is 1. The third-order valence-corrected chi connectivity index (χ3v) is 6.36. The Balaban J connectivity index is 1.67. The van der Waals surface area contributed by atoms with Gasteiger partial charge >= 0.3 is 5.69 Å². The zero-order chi connectivity index (χ0) is 21.3. The third kappa shape index (κ3) is 3.91. The average molecular weight is 430 g/mol. The molecule has 0 bridgehead atoms. The minimum Gasteiger partial charge on any atom is -0.467 e. The van der Waals surface area contributed by atoms with Crippen molar-refractivity contribution in [2.45, 2.75) is 43.2 Å². The second kappa shape index (κ2) is 8.47. The van der Waals surface area contributed by atoms with Crippen LogP contribution in [-0.4, -0.2) is 30.8 Å². The summed E-state index contributed by atoms with van der Waals surface area (Å²) in [5.74, 6) is 1.39. The molecule has 3 aromatic heterocycles. The maximum Gasteiger partial charge on any atom is 0.332 e. The van der Waals surface area contributed by atoms with Crippen molar-refractivity contribution < 1.29 is 9.21 Å². The smallest absolute Gasteiger partial charge is 0.332 e. The molecule has 1 N–H and O–H groups in total. The first-order valence-corrected chi connectivity index (χ1v) is 10.8. The maximum absolute atomic E-state index is 12.8. The van der Waals surface area contributed by atoms with Gasteiger partial charge in [-0.3, -0.25) is 18.7 Å². The Labute approximate surface area is 176 Å². The fourth-order valence-corrected chi connectivity index (χ4v) is 4.55. The zero-order valence-corrected chi connectivity index (χ0v) is 17.7. The average Bonchev–Trinajstić information content (AvgIpc) is 3.46. The minimum absolute atomic E-state index is 0.0862. The molecule has 4 rings (SSSR count). The lowest BCUT2D eigenvalue weighted by Gasteiger charge is -2.14. The number of thioether (sulfide) groups is 1. The molecule has 0 aromatic carbocycles. The molecule has 0 saturated heterocycles. The first-order valence-electron chi connectivity index (χ1n) is 9.85. The van der Waals surface area contributed by atoms with Gasteiger partial charge in [0.2, 0.25) is 5.91 Å². The number of nitrogens with one attached hydrogen (secondary N) is 1. The van der Waals surface area contributed by atoms with Crippen molar-refractivity contribution in [3.05, 3.63) is 50.8 Å². The van der Waals surface area contributed by atoms with Crippen molar-refractivity contribution in [2.75, 3.05) is 5.75 Å². The molecular weight excluding hydrogens is 406 g/mol. The number of aryl methyl sites for hydroxylation is 1. The van der Waals surface area contributed by atoms with E-state index in [9.17, 15) is 14.4 Å². The fraction of sp³-hybridized carbons (Fsp3) is 0.450. The third-order valence-electron chi connectivity index (χ3n) is 5.38. The topological polar surface area (TPSA) is 112 Å². The van der Waals surface area contributed by atoms with E-state index in [4.69, 9.17) is 4.42 Å². The number of hydrogen-bond acceptors (Lipinski definition) is 7. The molecule has 1 fully saturated rings. The van der Waals surface area contributed by atoms with E-state index < -0.39 is 11.2 Å². The summed E-state index contributed by atoms with van der Waals surface area (Å²) in [7, 11) is 3.03. The van der Waals surface area contributed by atoms with Crippen LogP contribution in [0.4, 0.5) is 0 Å². The van der Waals surface area contributed by atoms with Crippen LogP contribution in [0.2, 0.25) is 0 Å². The highest BCUT2D eigenvalue weighted by atomic mass is 32.2. The van der Waals surface area contributed by atoms with Gasteiger partial charge in [-0.2, -0.15) is 0 Å². The Morgan fingerprint density at radius 2 is 2.00 bits per heavy atom. The van der Waals surface area contributed by atoms with Crippen LogP contribution in [0.15, 0.2) is 37.4 Å². The molecule has 0 radical (unpaired) electrons. The van der Waals surface area contributed by atoms with Gasteiger partial charge in [-0.05, 0) is 25.0 Å². The molecule has 158 valence electrons. The predicted molar refractivity (Wildman–Crippen MR) is 113 cm³/mol. The van der Waals surface area contributed by atoms with Gasteiger partial charge in [0.25, 0.3) is 5.56 Å². The van der Waals surface area contributed by atoms with Crippen LogP contribution in [0.5, 0.6) is 0 Å². The number of rotatable bonds is 6. The second-order valence-corrected chi connectivity index (χ2v) is 8.38. The van der Waals surface area contributed by atoms with Crippen LogP contribution >= 0.6 is 11.8 Å². The Morgan fingerprint density at radius 3 is 2.70 bits per heavy atom. The molecule has 1 aliphatic rings. The van der Waals surface area contributed by atoms with Gasteiger partial charge in [-0.1, -0.05) is 24.6 Å². The minimum atomic E-state index is -0.454. The molecule has 0 atom stereocenters. The van der Waals surface area contributed by atoms with Crippen molar-refractivity contribution in [2.24, 2.45) is 14.1 Å². The van der Waals surface area contributed by atoms with Gasteiger partial charge in [0.05, 0.1) is 18.6 Å². The summed E-state index contributed by atoms with van der Waals surface area (Å²) >= 11 is 1.18. The Bertz CT molecular complexity index is 1190. The molecule has 30 heavy (non-hydrogen) atoms. The lowest BCUT2D eigenvalue weighted by atomic mass is 10.1. The molecule has 1 amide bonds. The normalized spacial score (nSPS) is 14.5. The molecule has 10 heteroatoms. The second-order valence-electron chi connectivity index (χ2n) is 7.42. The largest absolute Gasteiger partial charge is 0.467 e. The fourth-order valence-electron chi connectivity index (χ4n) is 3.70. The van der Waals surface area contributed by atoms with Gasteiger partial charge in [0.1, 0.15) is 22.0 Å². The van der Waals surface area contributed by atoms with Crippen molar-refractivity contribution in [1.29, 1.82) is 0 Å². The molecule has 0 aliphatic heterocycles. The van der Waals surface area contributed by atoms with Crippen LogP contribution in [0, 0.1) is 0 Å². The summed E-state index contributed by atoms with van der Waals surface area (Å²) in [6.45, 7) is 0.292. The van der Waals surface area contributed by atoms with E-state index in [-0.39, 0.29) is 23.0 Å². The summed E-state index contributed by atoms with van der Waals surface area (Å²) < 4.78 is 7.63. The molecule has 0 unspecified atom stereocenters. The number of nitrogens with zero attached hydrogens (tertiary/aromatic N) is 4. The maximum atomic E-state index is 12.8. The van der Waals surface area contributed by atoms with Crippen molar-refractivity contribution in [3.8, 4) is 0 Å². The molecule has 3 heterocycles. The predicted octanol–water partition coefficient (Wildman–Crippen LogP) is 1.69. The van der Waals surface area contributed by atoms with E-state index in [0.29, 0.717) is 28.8 Å². The van der Waals surface area contributed by atoms with Crippen LogP contribution in [0.25, 0.3) is 11.0 Å². The zero-order valence-electron chi connectivity index (χ0n) is 16.9. The first-order chi connectivity index (χ1) is 14.5. The van der Waals surface area contributed by atoms with E-state index in [2.05, 4.69) is 15.3 Å². The lowest BCUT2D eigenvalue weighted by molar-refractivity contribution is -0.118. The van der Waals surface area contributed by atoms with E-state index in [1.54, 1.807) is 25.4 Å². The summed E-state index contributed by atoms with van der Waals surface area (Å²) in [4.78, 5) is 46.8. The summed E-state index contributed by atoms with van der Waals surface area (Å²) in [5.41, 5.74) is -0.571. The first kappa shape index (κ1) is 20.4. The summed E-state index contributed by atoms with van der Waals surface area (Å²) in [6.07, 6.45) is 5.74. The van der Waals surface area contributed by atoms with E-state index in [1.165, 1.54) is 23.4 Å². The van der Waals surface area contributed by atoms with Crippen LogP contribution in [0.1, 0.15) is 43.2 Å². The number of fused-ring (bicyclic) bond motifs is 1. The summed E-state index contributed by atoms with van der Waals surface area (Å²) in [5, 5.41) is 3.49. The molecule has 3 aromatic rings. The highest BCUT2D eigenvalue weighted by Crippen LogP contribution is 2.34. The monoisotopic (exact) mass is 429 g/mol. The van der Waals surface area contributed by atoms with Crippen molar-refractivity contribution in [1.82, 2.24) is 24.4 Å². The van der Waals surface area contributed by atoms with E-state index in [1.807, 2.05) is 0 Å². The van der Waals surface area contributed by atoms with Crippen molar-refractivity contribution in [3.63, 3.8) is 0 Å². The molecular formula is C20H23N5O4S. The molecule has 1 saturated carbocycles.